The van der Waals surface area contributed by atoms with E-state index in [1.165, 1.54) is 0 Å². The summed E-state index contributed by atoms with van der Waals surface area (Å²) in [5.41, 5.74) is 2.15. The van der Waals surface area contributed by atoms with E-state index in [9.17, 15) is 0 Å². The van der Waals surface area contributed by atoms with Gasteiger partial charge in [-0.25, -0.2) is 0 Å². The SMILES string of the molecule is CC1=CC(C)(C)[C@@H](C)C=C1C#N. The molecular weight excluding hydrogens is 146 g/mol. The predicted molar refractivity (Wildman–Crippen MR) is 50.4 cm³/mol. The van der Waals surface area contributed by atoms with Crippen LogP contribution in [0.2, 0.25) is 0 Å². The minimum Gasteiger partial charge on any atom is -0.192 e. The second-order valence-electron chi connectivity index (χ2n) is 4.13. The number of allylic oxidation sites excluding steroid dienone is 4. The van der Waals surface area contributed by atoms with Crippen molar-refractivity contribution in [3.05, 3.63) is 23.3 Å². The van der Waals surface area contributed by atoms with Gasteiger partial charge in [-0.3, -0.25) is 0 Å². The van der Waals surface area contributed by atoms with Crippen LogP contribution in [0.3, 0.4) is 0 Å². The number of nitriles is 1. The molecule has 0 radical (unpaired) electrons. The average Bonchev–Trinajstić information content (AvgIpc) is 1.96. The van der Waals surface area contributed by atoms with Gasteiger partial charge in [0.05, 0.1) is 11.6 Å². The molecule has 0 aromatic carbocycles. The zero-order valence-electron chi connectivity index (χ0n) is 8.18. The molecule has 12 heavy (non-hydrogen) atoms. The van der Waals surface area contributed by atoms with Crippen LogP contribution in [0.1, 0.15) is 27.7 Å². The van der Waals surface area contributed by atoms with E-state index in [1.54, 1.807) is 0 Å². The summed E-state index contributed by atoms with van der Waals surface area (Å²) >= 11 is 0. The maximum absolute atomic E-state index is 8.79. The van der Waals surface area contributed by atoms with Crippen LogP contribution in [-0.4, -0.2) is 0 Å². The van der Waals surface area contributed by atoms with Crippen molar-refractivity contribution in [2.75, 3.05) is 0 Å². The maximum Gasteiger partial charge on any atom is 0.0991 e. The van der Waals surface area contributed by atoms with Gasteiger partial charge in [-0.15, -0.1) is 0 Å². The fourth-order valence-electron chi connectivity index (χ4n) is 1.49. The van der Waals surface area contributed by atoms with Crippen LogP contribution in [0.25, 0.3) is 0 Å². The highest BCUT2D eigenvalue weighted by Crippen LogP contribution is 2.36. The molecule has 0 amide bonds. The highest BCUT2D eigenvalue weighted by molar-refractivity contribution is 5.44. The predicted octanol–water partition coefficient (Wildman–Crippen LogP) is 3.06. The Morgan fingerprint density at radius 2 is 2.08 bits per heavy atom. The molecule has 0 aromatic heterocycles. The molecule has 0 heterocycles. The standard InChI is InChI=1S/C11H15N/c1-8-6-11(3,4)9(2)5-10(8)7-12/h5-6,9H,1-4H3/t9-/m0/s1. The van der Waals surface area contributed by atoms with Gasteiger partial charge in [-0.2, -0.15) is 5.26 Å². The van der Waals surface area contributed by atoms with Crippen LogP contribution in [-0.2, 0) is 0 Å². The summed E-state index contributed by atoms with van der Waals surface area (Å²) in [5.74, 6) is 0.454. The van der Waals surface area contributed by atoms with Crippen molar-refractivity contribution in [2.45, 2.75) is 27.7 Å². The summed E-state index contributed by atoms with van der Waals surface area (Å²) in [7, 11) is 0. The molecule has 0 unspecified atom stereocenters. The van der Waals surface area contributed by atoms with Gasteiger partial charge in [-0.1, -0.05) is 32.9 Å². The van der Waals surface area contributed by atoms with E-state index in [0.717, 1.165) is 11.1 Å². The Balaban J connectivity index is 3.06. The Hall–Kier alpha value is -1.03. The minimum absolute atomic E-state index is 0.199. The first-order valence-electron chi connectivity index (χ1n) is 4.29. The van der Waals surface area contributed by atoms with Gasteiger partial charge in [0.25, 0.3) is 0 Å². The molecule has 1 heteroatoms. The molecule has 0 bridgehead atoms. The first-order valence-corrected chi connectivity index (χ1v) is 4.29. The molecule has 0 fully saturated rings. The van der Waals surface area contributed by atoms with Crippen molar-refractivity contribution >= 4 is 0 Å². The monoisotopic (exact) mass is 161 g/mol. The third-order valence-corrected chi connectivity index (χ3v) is 2.72. The van der Waals surface area contributed by atoms with Crippen LogP contribution >= 0.6 is 0 Å². The summed E-state index contributed by atoms with van der Waals surface area (Å²) in [4.78, 5) is 0. The van der Waals surface area contributed by atoms with E-state index in [2.05, 4.69) is 39.0 Å². The number of nitrogens with zero attached hydrogens (tertiary/aromatic N) is 1. The van der Waals surface area contributed by atoms with Crippen LogP contribution < -0.4 is 0 Å². The van der Waals surface area contributed by atoms with Crippen LogP contribution in [0, 0.1) is 22.7 Å². The lowest BCUT2D eigenvalue weighted by Crippen LogP contribution is -2.21. The van der Waals surface area contributed by atoms with E-state index in [4.69, 9.17) is 5.26 Å². The molecule has 0 saturated carbocycles. The Morgan fingerprint density at radius 1 is 1.50 bits per heavy atom. The fourth-order valence-corrected chi connectivity index (χ4v) is 1.49. The van der Waals surface area contributed by atoms with Gasteiger partial charge in [0.15, 0.2) is 0 Å². The zero-order valence-corrected chi connectivity index (χ0v) is 8.18. The number of hydrogen-bond acceptors (Lipinski definition) is 1. The summed E-state index contributed by atoms with van der Waals surface area (Å²) in [6, 6.07) is 2.21. The number of rotatable bonds is 0. The molecule has 0 N–H and O–H groups in total. The second-order valence-corrected chi connectivity index (χ2v) is 4.13. The van der Waals surface area contributed by atoms with Crippen LogP contribution in [0.4, 0.5) is 0 Å². The van der Waals surface area contributed by atoms with Crippen LogP contribution in [0.15, 0.2) is 23.3 Å². The highest BCUT2D eigenvalue weighted by Gasteiger charge is 2.26. The van der Waals surface area contributed by atoms with Gasteiger partial charge in [0, 0.05) is 0 Å². The first-order chi connectivity index (χ1) is 5.47. The van der Waals surface area contributed by atoms with E-state index < -0.39 is 0 Å². The smallest absolute Gasteiger partial charge is 0.0991 e. The lowest BCUT2D eigenvalue weighted by molar-refractivity contribution is 0.360. The largest absolute Gasteiger partial charge is 0.192 e. The maximum atomic E-state index is 8.79. The highest BCUT2D eigenvalue weighted by atomic mass is 14.3. The van der Waals surface area contributed by atoms with Gasteiger partial charge >= 0.3 is 0 Å². The van der Waals surface area contributed by atoms with Crippen molar-refractivity contribution in [3.8, 4) is 6.07 Å². The quantitative estimate of drug-likeness (QED) is 0.535. The molecule has 64 valence electrons. The van der Waals surface area contributed by atoms with Crippen LogP contribution in [0.5, 0.6) is 0 Å². The minimum atomic E-state index is 0.199. The van der Waals surface area contributed by atoms with Crippen molar-refractivity contribution < 1.29 is 0 Å². The summed E-state index contributed by atoms with van der Waals surface area (Å²) in [6.07, 6.45) is 4.26. The van der Waals surface area contributed by atoms with Crippen molar-refractivity contribution in [2.24, 2.45) is 11.3 Å². The topological polar surface area (TPSA) is 23.8 Å². The molecule has 0 spiro atoms. The summed E-state index contributed by atoms with van der Waals surface area (Å²) < 4.78 is 0. The van der Waals surface area contributed by atoms with E-state index in [-0.39, 0.29) is 5.41 Å². The number of hydrogen-bond donors (Lipinski definition) is 0. The third kappa shape index (κ3) is 1.43. The Labute approximate surface area is 74.4 Å². The molecule has 0 aromatic rings. The summed E-state index contributed by atoms with van der Waals surface area (Å²) in [6.45, 7) is 8.56. The molecule has 1 atom stereocenters. The summed E-state index contributed by atoms with van der Waals surface area (Å²) in [5, 5.41) is 8.79. The fraction of sp³-hybridized carbons (Fsp3) is 0.545. The molecule has 0 aliphatic heterocycles. The van der Waals surface area contributed by atoms with Crippen molar-refractivity contribution in [1.82, 2.24) is 0 Å². The Kier molecular flexibility index (Phi) is 2.10. The average molecular weight is 161 g/mol. The van der Waals surface area contributed by atoms with E-state index in [1.807, 2.05) is 6.92 Å². The molecular formula is C11H15N. The molecule has 1 aliphatic rings. The van der Waals surface area contributed by atoms with Gasteiger partial charge in [-0.05, 0) is 23.8 Å². The lowest BCUT2D eigenvalue weighted by Gasteiger charge is -2.30. The van der Waals surface area contributed by atoms with E-state index in [0.29, 0.717) is 5.92 Å². The van der Waals surface area contributed by atoms with Gasteiger partial charge in [0.2, 0.25) is 0 Å². The van der Waals surface area contributed by atoms with E-state index >= 15 is 0 Å². The van der Waals surface area contributed by atoms with Crippen molar-refractivity contribution in [1.29, 1.82) is 5.26 Å². The Bertz CT molecular complexity index is 287. The molecule has 0 saturated heterocycles. The van der Waals surface area contributed by atoms with Gasteiger partial charge < -0.3 is 0 Å². The normalized spacial score (nSPS) is 27.1. The molecule has 1 aliphatic carbocycles. The molecule has 1 nitrogen and oxygen atoms in total. The second kappa shape index (κ2) is 2.79. The lowest BCUT2D eigenvalue weighted by atomic mass is 9.73. The first kappa shape index (κ1) is 9.06. The molecule has 1 rings (SSSR count). The third-order valence-electron chi connectivity index (χ3n) is 2.72. The zero-order chi connectivity index (χ0) is 9.35. The Morgan fingerprint density at radius 3 is 2.58 bits per heavy atom. The van der Waals surface area contributed by atoms with Crippen molar-refractivity contribution in [3.63, 3.8) is 0 Å². The van der Waals surface area contributed by atoms with Gasteiger partial charge in [0.1, 0.15) is 0 Å².